The van der Waals surface area contributed by atoms with Crippen molar-refractivity contribution < 1.29 is 4.79 Å². The molecule has 0 spiro atoms. The highest BCUT2D eigenvalue weighted by atomic mass is 32.2. The van der Waals surface area contributed by atoms with Gasteiger partial charge in [-0.1, -0.05) is 18.2 Å². The number of nitrogens with one attached hydrogen (secondary N) is 1. The minimum atomic E-state index is 0.0170. The predicted octanol–water partition coefficient (Wildman–Crippen LogP) is 3.26. The van der Waals surface area contributed by atoms with Gasteiger partial charge in [0.1, 0.15) is 0 Å². The number of benzene rings is 1. The van der Waals surface area contributed by atoms with Crippen molar-refractivity contribution in [3.63, 3.8) is 0 Å². The topological polar surface area (TPSA) is 42.0 Å². The number of aromatic nitrogens is 1. The van der Waals surface area contributed by atoms with Crippen molar-refractivity contribution >= 4 is 34.1 Å². The van der Waals surface area contributed by atoms with Crippen molar-refractivity contribution in [3.05, 3.63) is 41.9 Å². The summed E-state index contributed by atoms with van der Waals surface area (Å²) in [6, 6.07) is 10.1. The van der Waals surface area contributed by atoms with Gasteiger partial charge in [-0.05, 0) is 12.1 Å². The second-order valence-electron chi connectivity index (χ2n) is 3.30. The van der Waals surface area contributed by atoms with E-state index < -0.39 is 0 Å². The van der Waals surface area contributed by atoms with Crippen LogP contribution in [0.15, 0.2) is 46.8 Å². The average Bonchev–Trinajstić information content (AvgIpc) is 2.83. The van der Waals surface area contributed by atoms with E-state index in [0.29, 0.717) is 11.6 Å². The molecule has 88 valence electrons. The molecule has 5 heteroatoms. The van der Waals surface area contributed by atoms with Gasteiger partial charge in [-0.3, -0.25) is 4.79 Å². The molecule has 0 unspecified atom stereocenters. The van der Waals surface area contributed by atoms with E-state index in [0.717, 1.165) is 5.75 Å². The van der Waals surface area contributed by atoms with Gasteiger partial charge in [0.25, 0.3) is 0 Å². The number of hydrogen-bond acceptors (Lipinski definition) is 4. The Hall–Kier alpha value is -1.33. The molecule has 0 saturated heterocycles. The Labute approximate surface area is 108 Å². The fourth-order valence-corrected chi connectivity index (χ4v) is 2.66. The number of hydrogen-bond donors (Lipinski definition) is 1. The molecule has 3 nitrogen and oxygen atoms in total. The van der Waals surface area contributed by atoms with Crippen molar-refractivity contribution in [2.75, 3.05) is 11.1 Å². The number of amides is 1. The Morgan fingerprint density at radius 2 is 2.18 bits per heavy atom. The number of nitrogens with zero attached hydrogens (tertiary/aromatic N) is 1. The zero-order valence-electron chi connectivity index (χ0n) is 9.13. The third-order valence-corrected chi connectivity index (χ3v) is 3.72. The number of thiazole rings is 1. The van der Waals surface area contributed by atoms with E-state index in [9.17, 15) is 4.79 Å². The van der Waals surface area contributed by atoms with E-state index in [2.05, 4.69) is 10.3 Å². The van der Waals surface area contributed by atoms with Gasteiger partial charge in [0.05, 0.1) is 0 Å². The number of thioether (sulfide) groups is 1. The van der Waals surface area contributed by atoms with Crippen molar-refractivity contribution in [1.29, 1.82) is 0 Å². The van der Waals surface area contributed by atoms with Crippen LogP contribution in [0.2, 0.25) is 0 Å². The maximum Gasteiger partial charge on any atom is 0.226 e. The van der Waals surface area contributed by atoms with Crippen LogP contribution in [0.5, 0.6) is 0 Å². The fraction of sp³-hybridized carbons (Fsp3) is 0.167. The summed E-state index contributed by atoms with van der Waals surface area (Å²) >= 11 is 3.11. The molecule has 0 bridgehead atoms. The number of rotatable bonds is 5. The van der Waals surface area contributed by atoms with Crippen LogP contribution in [0.1, 0.15) is 6.42 Å². The van der Waals surface area contributed by atoms with Gasteiger partial charge in [0.15, 0.2) is 5.13 Å². The van der Waals surface area contributed by atoms with Gasteiger partial charge >= 0.3 is 0 Å². The van der Waals surface area contributed by atoms with Gasteiger partial charge in [-0.25, -0.2) is 4.98 Å². The molecule has 0 fully saturated rings. The SMILES string of the molecule is O=C(CCSc1ccccc1)Nc1nccs1. The third-order valence-electron chi connectivity index (χ3n) is 2.02. The zero-order valence-corrected chi connectivity index (χ0v) is 10.8. The summed E-state index contributed by atoms with van der Waals surface area (Å²) in [5.74, 6) is 0.796. The smallest absolute Gasteiger partial charge is 0.226 e. The van der Waals surface area contributed by atoms with Crippen LogP contribution in [0.25, 0.3) is 0 Å². The molecule has 2 rings (SSSR count). The minimum Gasteiger partial charge on any atom is -0.302 e. The second-order valence-corrected chi connectivity index (χ2v) is 5.36. The minimum absolute atomic E-state index is 0.0170. The van der Waals surface area contributed by atoms with Gasteiger partial charge in [0.2, 0.25) is 5.91 Å². The van der Waals surface area contributed by atoms with E-state index >= 15 is 0 Å². The Bertz CT molecular complexity index is 457. The largest absolute Gasteiger partial charge is 0.302 e. The molecule has 0 aliphatic heterocycles. The molecule has 0 radical (unpaired) electrons. The van der Waals surface area contributed by atoms with Crippen LogP contribution in [-0.2, 0) is 4.79 Å². The fourth-order valence-electron chi connectivity index (χ4n) is 1.25. The Morgan fingerprint density at radius 1 is 1.35 bits per heavy atom. The highest BCUT2D eigenvalue weighted by molar-refractivity contribution is 7.99. The Morgan fingerprint density at radius 3 is 2.88 bits per heavy atom. The van der Waals surface area contributed by atoms with E-state index in [1.165, 1.54) is 16.2 Å². The number of carbonyl (C=O) groups is 1. The predicted molar refractivity (Wildman–Crippen MR) is 72.5 cm³/mol. The lowest BCUT2D eigenvalue weighted by Gasteiger charge is -2.02. The van der Waals surface area contributed by atoms with Crippen LogP contribution < -0.4 is 5.32 Å². The first kappa shape index (κ1) is 12.1. The standard InChI is InChI=1S/C12H12N2OS2/c15-11(14-12-13-7-9-17-12)6-8-16-10-4-2-1-3-5-10/h1-5,7,9H,6,8H2,(H,13,14,15). The lowest BCUT2D eigenvalue weighted by atomic mass is 10.4. The van der Waals surface area contributed by atoms with Crippen molar-refractivity contribution in [3.8, 4) is 0 Å². The van der Waals surface area contributed by atoms with Gasteiger partial charge in [-0.15, -0.1) is 23.1 Å². The first-order valence-corrected chi connectivity index (χ1v) is 7.08. The molecule has 1 N–H and O–H groups in total. The number of carbonyl (C=O) groups excluding carboxylic acids is 1. The van der Waals surface area contributed by atoms with Gasteiger partial charge < -0.3 is 5.32 Å². The molecule has 1 aromatic heterocycles. The van der Waals surface area contributed by atoms with Crippen molar-refractivity contribution in [1.82, 2.24) is 4.98 Å². The summed E-state index contributed by atoms with van der Waals surface area (Å²) in [5, 5.41) is 5.27. The quantitative estimate of drug-likeness (QED) is 0.843. The van der Waals surface area contributed by atoms with Crippen molar-refractivity contribution in [2.24, 2.45) is 0 Å². The van der Waals surface area contributed by atoms with E-state index in [-0.39, 0.29) is 5.91 Å². The van der Waals surface area contributed by atoms with E-state index in [1.54, 1.807) is 18.0 Å². The van der Waals surface area contributed by atoms with Gasteiger partial charge in [-0.2, -0.15) is 0 Å². The van der Waals surface area contributed by atoms with Gasteiger partial charge in [0, 0.05) is 28.6 Å². The second kappa shape index (κ2) is 6.42. The third kappa shape index (κ3) is 4.20. The van der Waals surface area contributed by atoms with E-state index in [1.807, 2.05) is 35.7 Å². The first-order chi connectivity index (χ1) is 8.34. The van der Waals surface area contributed by atoms with Crippen LogP contribution >= 0.6 is 23.1 Å². The molecule has 0 aliphatic rings. The Kier molecular flexibility index (Phi) is 4.58. The lowest BCUT2D eigenvalue weighted by Crippen LogP contribution is -2.11. The molecule has 1 amide bonds. The summed E-state index contributed by atoms with van der Waals surface area (Å²) < 4.78 is 0. The molecule has 1 heterocycles. The Balaban J connectivity index is 1.70. The summed E-state index contributed by atoms with van der Waals surface area (Å²) in [6.07, 6.45) is 2.18. The van der Waals surface area contributed by atoms with Crippen molar-refractivity contribution in [2.45, 2.75) is 11.3 Å². The summed E-state index contributed by atoms with van der Waals surface area (Å²) in [7, 11) is 0. The maximum atomic E-state index is 11.5. The molecular formula is C12H12N2OS2. The summed E-state index contributed by atoms with van der Waals surface area (Å²) in [6.45, 7) is 0. The summed E-state index contributed by atoms with van der Waals surface area (Å²) in [4.78, 5) is 16.7. The highest BCUT2D eigenvalue weighted by Gasteiger charge is 2.03. The first-order valence-electron chi connectivity index (χ1n) is 5.22. The molecule has 2 aromatic rings. The molecule has 1 aromatic carbocycles. The van der Waals surface area contributed by atoms with Crippen LogP contribution in [0.4, 0.5) is 5.13 Å². The maximum absolute atomic E-state index is 11.5. The number of anilines is 1. The normalized spacial score (nSPS) is 10.1. The summed E-state index contributed by atoms with van der Waals surface area (Å²) in [5.41, 5.74) is 0. The molecule has 0 aliphatic carbocycles. The molecule has 0 atom stereocenters. The van der Waals surface area contributed by atoms with Crippen LogP contribution in [0, 0.1) is 0 Å². The van der Waals surface area contributed by atoms with E-state index in [4.69, 9.17) is 0 Å². The zero-order chi connectivity index (χ0) is 11.9. The lowest BCUT2D eigenvalue weighted by molar-refractivity contribution is -0.115. The average molecular weight is 264 g/mol. The molecule has 0 saturated carbocycles. The molecule has 17 heavy (non-hydrogen) atoms. The molecular weight excluding hydrogens is 252 g/mol. The van der Waals surface area contributed by atoms with Crippen LogP contribution in [-0.4, -0.2) is 16.6 Å². The van der Waals surface area contributed by atoms with Crippen LogP contribution in [0.3, 0.4) is 0 Å². The highest BCUT2D eigenvalue weighted by Crippen LogP contribution is 2.18. The monoisotopic (exact) mass is 264 g/mol.